The van der Waals surface area contributed by atoms with Crippen molar-refractivity contribution in [3.63, 3.8) is 0 Å². The van der Waals surface area contributed by atoms with Crippen molar-refractivity contribution < 1.29 is 9.53 Å². The number of ether oxygens (including phenoxy) is 1. The Balaban J connectivity index is 2.14. The molecule has 130 valence electrons. The third-order valence-electron chi connectivity index (χ3n) is 3.17. The molecule has 2 N–H and O–H groups in total. The standard InChI is InChI=1S/C18H18BrN3O2S/c1-3-20-18(25)22-21-11-14-10-15(19)8-9-16(14)24-17(23)13-6-4-12(2)5-7-13/h4-11H,3H2,1-2H3,(H2,20,22,25)/b21-11+. The van der Waals surface area contributed by atoms with E-state index in [1.807, 2.05) is 26.0 Å². The summed E-state index contributed by atoms with van der Waals surface area (Å²) >= 11 is 8.44. The third kappa shape index (κ3) is 5.95. The molecule has 0 heterocycles. The summed E-state index contributed by atoms with van der Waals surface area (Å²) in [6.07, 6.45) is 1.55. The number of nitrogens with one attached hydrogen (secondary N) is 2. The van der Waals surface area contributed by atoms with Gasteiger partial charge in [-0.1, -0.05) is 33.6 Å². The average Bonchev–Trinajstić information content (AvgIpc) is 2.58. The van der Waals surface area contributed by atoms with E-state index in [9.17, 15) is 4.79 Å². The van der Waals surface area contributed by atoms with Crippen molar-refractivity contribution in [2.45, 2.75) is 13.8 Å². The van der Waals surface area contributed by atoms with Gasteiger partial charge in [0.25, 0.3) is 0 Å². The van der Waals surface area contributed by atoms with E-state index in [2.05, 4.69) is 31.8 Å². The van der Waals surface area contributed by atoms with Crippen LogP contribution in [0.4, 0.5) is 0 Å². The highest BCUT2D eigenvalue weighted by atomic mass is 79.9. The molecular weight excluding hydrogens is 402 g/mol. The number of benzene rings is 2. The van der Waals surface area contributed by atoms with Gasteiger partial charge in [-0.15, -0.1) is 0 Å². The number of thiocarbonyl (C=S) groups is 1. The molecule has 0 aromatic heterocycles. The highest BCUT2D eigenvalue weighted by Gasteiger charge is 2.11. The Bertz CT molecular complexity index is 791. The summed E-state index contributed by atoms with van der Waals surface area (Å²) in [4.78, 5) is 12.3. The number of rotatable bonds is 5. The second-order valence-electron chi connectivity index (χ2n) is 5.17. The van der Waals surface area contributed by atoms with Crippen LogP contribution in [-0.2, 0) is 0 Å². The van der Waals surface area contributed by atoms with Crippen LogP contribution < -0.4 is 15.5 Å². The average molecular weight is 420 g/mol. The number of hydrogen-bond acceptors (Lipinski definition) is 4. The Morgan fingerprint density at radius 1 is 1.28 bits per heavy atom. The normalized spacial score (nSPS) is 10.5. The van der Waals surface area contributed by atoms with Crippen molar-refractivity contribution in [3.8, 4) is 5.75 Å². The summed E-state index contributed by atoms with van der Waals surface area (Å²) in [6, 6.07) is 12.5. The predicted molar refractivity (Wildman–Crippen MR) is 107 cm³/mol. The molecule has 0 spiro atoms. The first-order valence-corrected chi connectivity index (χ1v) is 8.85. The molecule has 2 rings (SSSR count). The number of hydrogen-bond donors (Lipinski definition) is 2. The number of aryl methyl sites for hydroxylation is 1. The zero-order valence-corrected chi connectivity index (χ0v) is 16.3. The second-order valence-corrected chi connectivity index (χ2v) is 6.49. The molecule has 0 aliphatic heterocycles. The van der Waals surface area contributed by atoms with Crippen LogP contribution in [0, 0.1) is 6.92 Å². The maximum Gasteiger partial charge on any atom is 0.343 e. The summed E-state index contributed by atoms with van der Waals surface area (Å²) in [5.41, 5.74) is 4.91. The Morgan fingerprint density at radius 2 is 2.00 bits per heavy atom. The van der Waals surface area contributed by atoms with Crippen molar-refractivity contribution in [2.75, 3.05) is 6.54 Å². The van der Waals surface area contributed by atoms with E-state index >= 15 is 0 Å². The van der Waals surface area contributed by atoms with Gasteiger partial charge in [-0.3, -0.25) is 5.43 Å². The minimum absolute atomic E-state index is 0.411. The van der Waals surface area contributed by atoms with E-state index in [0.717, 1.165) is 10.0 Å². The molecule has 0 saturated carbocycles. The largest absolute Gasteiger partial charge is 0.422 e. The van der Waals surface area contributed by atoms with Gasteiger partial charge in [0.15, 0.2) is 5.11 Å². The van der Waals surface area contributed by atoms with Crippen molar-refractivity contribution in [1.29, 1.82) is 0 Å². The zero-order valence-electron chi connectivity index (χ0n) is 13.9. The number of carbonyl (C=O) groups excluding carboxylic acids is 1. The van der Waals surface area contributed by atoms with Crippen molar-refractivity contribution in [2.24, 2.45) is 5.10 Å². The lowest BCUT2D eigenvalue weighted by molar-refractivity contribution is 0.0734. The molecule has 0 bridgehead atoms. The van der Waals surface area contributed by atoms with Crippen LogP contribution in [0.2, 0.25) is 0 Å². The molecule has 0 atom stereocenters. The second kappa shape index (κ2) is 9.29. The Labute approximate surface area is 160 Å². The minimum atomic E-state index is -0.423. The zero-order chi connectivity index (χ0) is 18.2. The first kappa shape index (κ1) is 19.1. The Kier molecular flexibility index (Phi) is 7.09. The summed E-state index contributed by atoms with van der Waals surface area (Å²) in [5.74, 6) is -0.0122. The van der Waals surface area contributed by atoms with Crippen molar-refractivity contribution >= 4 is 45.4 Å². The number of carbonyl (C=O) groups is 1. The van der Waals surface area contributed by atoms with Gasteiger partial charge in [-0.2, -0.15) is 5.10 Å². The van der Waals surface area contributed by atoms with Crippen LogP contribution in [0.25, 0.3) is 0 Å². The topological polar surface area (TPSA) is 62.7 Å². The smallest absolute Gasteiger partial charge is 0.343 e. The van der Waals surface area contributed by atoms with Gasteiger partial charge < -0.3 is 10.1 Å². The lowest BCUT2D eigenvalue weighted by atomic mass is 10.1. The molecule has 0 aliphatic rings. The highest BCUT2D eigenvalue weighted by molar-refractivity contribution is 9.10. The van der Waals surface area contributed by atoms with Crippen LogP contribution in [0.3, 0.4) is 0 Å². The molecule has 5 nitrogen and oxygen atoms in total. The molecule has 0 amide bonds. The first-order valence-electron chi connectivity index (χ1n) is 7.65. The Morgan fingerprint density at radius 3 is 2.68 bits per heavy atom. The van der Waals surface area contributed by atoms with Crippen molar-refractivity contribution in [3.05, 3.63) is 63.6 Å². The number of halogens is 1. The van der Waals surface area contributed by atoms with Crippen LogP contribution in [0.1, 0.15) is 28.4 Å². The minimum Gasteiger partial charge on any atom is -0.422 e. The first-order chi connectivity index (χ1) is 12.0. The van der Waals surface area contributed by atoms with Gasteiger partial charge in [0.1, 0.15) is 5.75 Å². The van der Waals surface area contributed by atoms with Gasteiger partial charge in [0.05, 0.1) is 11.8 Å². The number of hydrazone groups is 1. The number of esters is 1. The van der Waals surface area contributed by atoms with E-state index in [-0.39, 0.29) is 0 Å². The van der Waals surface area contributed by atoms with Gasteiger partial charge in [-0.25, -0.2) is 4.79 Å². The molecule has 0 aliphatic carbocycles. The van der Waals surface area contributed by atoms with Crippen LogP contribution in [0.15, 0.2) is 52.0 Å². The van der Waals surface area contributed by atoms with E-state index in [1.165, 1.54) is 0 Å². The fourth-order valence-electron chi connectivity index (χ4n) is 1.92. The fraction of sp³-hybridized carbons (Fsp3) is 0.167. The molecule has 7 heteroatoms. The summed E-state index contributed by atoms with van der Waals surface area (Å²) in [6.45, 7) is 4.61. The molecule has 0 saturated heterocycles. The van der Waals surface area contributed by atoms with E-state index in [1.54, 1.807) is 36.5 Å². The Hall–Kier alpha value is -2.25. The third-order valence-corrected chi connectivity index (χ3v) is 3.90. The molecule has 2 aromatic rings. The molecule has 0 radical (unpaired) electrons. The van der Waals surface area contributed by atoms with E-state index in [4.69, 9.17) is 17.0 Å². The van der Waals surface area contributed by atoms with Gasteiger partial charge >= 0.3 is 5.97 Å². The summed E-state index contributed by atoms with van der Waals surface area (Å²) in [5, 5.41) is 7.41. The van der Waals surface area contributed by atoms with Gasteiger partial charge in [0.2, 0.25) is 0 Å². The highest BCUT2D eigenvalue weighted by Crippen LogP contribution is 2.23. The van der Waals surface area contributed by atoms with E-state index < -0.39 is 5.97 Å². The monoisotopic (exact) mass is 419 g/mol. The van der Waals surface area contributed by atoms with Gasteiger partial charge in [0, 0.05) is 16.6 Å². The predicted octanol–water partition coefficient (Wildman–Crippen LogP) is 3.79. The van der Waals surface area contributed by atoms with E-state index in [0.29, 0.717) is 28.5 Å². The summed E-state index contributed by atoms with van der Waals surface area (Å²) in [7, 11) is 0. The van der Waals surface area contributed by atoms with Crippen LogP contribution in [0.5, 0.6) is 5.75 Å². The molecule has 0 unspecified atom stereocenters. The fourth-order valence-corrected chi connectivity index (χ4v) is 2.50. The van der Waals surface area contributed by atoms with Crippen molar-refractivity contribution in [1.82, 2.24) is 10.7 Å². The lowest BCUT2D eigenvalue weighted by Gasteiger charge is -2.08. The van der Waals surface area contributed by atoms with Crippen LogP contribution in [-0.4, -0.2) is 23.8 Å². The molecular formula is C18H18BrN3O2S. The van der Waals surface area contributed by atoms with Gasteiger partial charge in [-0.05, 0) is 56.4 Å². The lowest BCUT2D eigenvalue weighted by Crippen LogP contribution is -2.31. The summed E-state index contributed by atoms with van der Waals surface area (Å²) < 4.78 is 6.35. The molecule has 25 heavy (non-hydrogen) atoms. The molecule has 2 aromatic carbocycles. The number of nitrogens with zero attached hydrogens (tertiary/aromatic N) is 1. The van der Waals surface area contributed by atoms with Crippen LogP contribution >= 0.6 is 28.1 Å². The SMILES string of the molecule is CCNC(=S)N/N=C/c1cc(Br)ccc1OC(=O)c1ccc(C)cc1. The maximum atomic E-state index is 12.3. The molecule has 0 fully saturated rings. The maximum absolute atomic E-state index is 12.3. The quantitative estimate of drug-likeness (QED) is 0.253.